The summed E-state index contributed by atoms with van der Waals surface area (Å²) < 4.78 is 3.95. The van der Waals surface area contributed by atoms with E-state index in [0.717, 1.165) is 17.1 Å². The number of carbonyl (C=O) groups is 2. The molecule has 9 nitrogen and oxygen atoms in total. The third-order valence-electron chi connectivity index (χ3n) is 5.73. The largest absolute Gasteiger partial charge is 0.480 e. The van der Waals surface area contributed by atoms with Crippen LogP contribution in [-0.2, 0) is 31.9 Å². The zero-order valence-corrected chi connectivity index (χ0v) is 19.1. The van der Waals surface area contributed by atoms with Gasteiger partial charge in [0, 0.05) is 63.0 Å². The number of carboxylic acids is 1. The highest BCUT2D eigenvalue weighted by Gasteiger charge is 2.20. The van der Waals surface area contributed by atoms with E-state index in [2.05, 4.69) is 15.6 Å². The monoisotopic (exact) mass is 452 g/mol. The van der Waals surface area contributed by atoms with Crippen LogP contribution in [0.5, 0.6) is 0 Å². The zero-order chi connectivity index (χ0) is 23.8. The zero-order valence-electron chi connectivity index (χ0n) is 19.1. The van der Waals surface area contributed by atoms with Crippen molar-refractivity contribution in [2.45, 2.75) is 37.9 Å². The normalized spacial score (nSPS) is 12.9. The topological polar surface area (TPSA) is 127 Å². The molecule has 0 saturated carbocycles. The third kappa shape index (κ3) is 6.77. The number of aromatic nitrogens is 3. The summed E-state index contributed by atoms with van der Waals surface area (Å²) in [5.74, 6) is -0.574. The van der Waals surface area contributed by atoms with Gasteiger partial charge in [-0.2, -0.15) is 0 Å². The van der Waals surface area contributed by atoms with Gasteiger partial charge in [0.05, 0.1) is 0 Å². The van der Waals surface area contributed by atoms with Crippen LogP contribution in [0.15, 0.2) is 55.0 Å². The van der Waals surface area contributed by atoms with E-state index >= 15 is 0 Å². The van der Waals surface area contributed by atoms with E-state index in [4.69, 9.17) is 5.73 Å². The molecule has 1 amide bonds. The Hall–Kier alpha value is -3.43. The van der Waals surface area contributed by atoms with Gasteiger partial charge in [-0.05, 0) is 49.2 Å². The second kappa shape index (κ2) is 11.4. The molecule has 2 unspecified atom stereocenters. The Morgan fingerprint density at radius 3 is 2.48 bits per heavy atom. The Morgan fingerprint density at radius 1 is 1.12 bits per heavy atom. The number of carboxylic acid groups (broad SMARTS) is 1. The second-order valence-electron chi connectivity index (χ2n) is 8.18. The number of aryl methyl sites for hydroxylation is 2. The molecule has 3 aromatic rings. The first-order valence-corrected chi connectivity index (χ1v) is 11.0. The molecule has 33 heavy (non-hydrogen) atoms. The van der Waals surface area contributed by atoms with Crippen molar-refractivity contribution in [2.75, 3.05) is 6.54 Å². The number of imidazole rings is 1. The molecule has 0 aliphatic carbocycles. The van der Waals surface area contributed by atoms with Crippen LogP contribution in [0.1, 0.15) is 46.3 Å². The van der Waals surface area contributed by atoms with Gasteiger partial charge >= 0.3 is 5.97 Å². The first-order valence-electron chi connectivity index (χ1n) is 11.0. The van der Waals surface area contributed by atoms with Gasteiger partial charge < -0.3 is 30.6 Å². The maximum atomic E-state index is 12.6. The minimum Gasteiger partial charge on any atom is -0.480 e. The lowest BCUT2D eigenvalue weighted by Crippen LogP contribution is -2.41. The van der Waals surface area contributed by atoms with Gasteiger partial charge in [-0.1, -0.05) is 12.1 Å². The number of benzene rings is 1. The van der Waals surface area contributed by atoms with Crippen LogP contribution in [-0.4, -0.2) is 43.7 Å². The summed E-state index contributed by atoms with van der Waals surface area (Å²) in [5.41, 5.74) is 8.72. The summed E-state index contributed by atoms with van der Waals surface area (Å²) in [7, 11) is 3.90. The number of aliphatic carboxylic acids is 1. The van der Waals surface area contributed by atoms with Gasteiger partial charge in [0.25, 0.3) is 5.91 Å². The molecule has 0 spiro atoms. The average molecular weight is 453 g/mol. The smallest absolute Gasteiger partial charge is 0.326 e. The molecular weight excluding hydrogens is 420 g/mol. The highest BCUT2D eigenvalue weighted by molar-refractivity contribution is 5.96. The number of carbonyl (C=O) groups excluding carboxylic acids is 1. The summed E-state index contributed by atoms with van der Waals surface area (Å²) in [4.78, 5) is 28.5. The van der Waals surface area contributed by atoms with Crippen molar-refractivity contribution in [1.82, 2.24) is 24.8 Å². The van der Waals surface area contributed by atoms with Crippen molar-refractivity contribution < 1.29 is 14.7 Å². The molecule has 176 valence electrons. The second-order valence-corrected chi connectivity index (χ2v) is 8.18. The molecule has 5 N–H and O–H groups in total. The van der Waals surface area contributed by atoms with Crippen LogP contribution in [0.25, 0.3) is 0 Å². The molecule has 3 rings (SSSR count). The molecular formula is C24H32N6O3. The molecule has 1 aromatic carbocycles. The molecule has 0 fully saturated rings. The van der Waals surface area contributed by atoms with Crippen molar-refractivity contribution in [3.05, 3.63) is 77.6 Å². The maximum absolute atomic E-state index is 12.6. The van der Waals surface area contributed by atoms with Crippen LogP contribution in [0, 0.1) is 0 Å². The number of amides is 1. The Kier molecular flexibility index (Phi) is 8.39. The van der Waals surface area contributed by atoms with Gasteiger partial charge in [0.2, 0.25) is 0 Å². The number of hydrogen-bond donors (Lipinski definition) is 4. The van der Waals surface area contributed by atoms with Crippen molar-refractivity contribution in [3.8, 4) is 0 Å². The fraction of sp³-hybridized carbons (Fsp3) is 0.375. The number of rotatable bonds is 12. The molecule has 2 atom stereocenters. The van der Waals surface area contributed by atoms with Gasteiger partial charge in [0.15, 0.2) is 0 Å². The lowest BCUT2D eigenvalue weighted by atomic mass is 10.0. The van der Waals surface area contributed by atoms with E-state index in [9.17, 15) is 14.7 Å². The summed E-state index contributed by atoms with van der Waals surface area (Å²) in [6.45, 7) is 1.37. The van der Waals surface area contributed by atoms with E-state index in [1.54, 1.807) is 30.5 Å². The molecule has 0 saturated heterocycles. The third-order valence-corrected chi connectivity index (χ3v) is 5.73. The number of nitrogens with zero attached hydrogens (tertiary/aromatic N) is 3. The fourth-order valence-electron chi connectivity index (χ4n) is 3.62. The number of hydrogen-bond acceptors (Lipinski definition) is 5. The molecule has 2 heterocycles. The van der Waals surface area contributed by atoms with Crippen molar-refractivity contribution in [2.24, 2.45) is 19.8 Å². The molecule has 2 aromatic heterocycles. The summed E-state index contributed by atoms with van der Waals surface area (Å²) in [6.07, 6.45) is 7.12. The Labute approximate surface area is 193 Å². The predicted octanol–water partition coefficient (Wildman–Crippen LogP) is 1.75. The van der Waals surface area contributed by atoms with E-state index in [-0.39, 0.29) is 6.04 Å². The Balaban J connectivity index is 1.47. The molecule has 0 bridgehead atoms. The minimum absolute atomic E-state index is 0.252. The SMILES string of the molecule is Cn1cccc1CNCCCC(NC(=O)c1ccc(C(N)Cc2nccn2C)cc1)C(=O)O. The standard InChI is InChI=1S/C24H32N6O3/c1-29-13-4-5-19(29)16-26-11-3-6-21(24(32)33)28-23(31)18-9-7-17(8-10-18)20(25)15-22-27-12-14-30(22)2/h4-5,7-10,12-14,20-21,26H,3,6,11,15-16,25H2,1-2H3,(H,28,31)(H,32,33). The molecule has 0 aliphatic rings. The van der Waals surface area contributed by atoms with E-state index in [1.165, 1.54) is 0 Å². The van der Waals surface area contributed by atoms with Crippen molar-refractivity contribution in [3.63, 3.8) is 0 Å². The van der Waals surface area contributed by atoms with Crippen LogP contribution in [0.3, 0.4) is 0 Å². The van der Waals surface area contributed by atoms with Crippen LogP contribution in [0.4, 0.5) is 0 Å². The van der Waals surface area contributed by atoms with Crippen molar-refractivity contribution >= 4 is 11.9 Å². The highest BCUT2D eigenvalue weighted by Crippen LogP contribution is 2.16. The fourth-order valence-corrected chi connectivity index (χ4v) is 3.62. The summed E-state index contributed by atoms with van der Waals surface area (Å²) in [5, 5.41) is 15.4. The molecule has 0 radical (unpaired) electrons. The lowest BCUT2D eigenvalue weighted by molar-refractivity contribution is -0.139. The maximum Gasteiger partial charge on any atom is 0.326 e. The number of nitrogens with two attached hydrogens (primary N) is 1. The van der Waals surface area contributed by atoms with Crippen molar-refractivity contribution in [1.29, 1.82) is 0 Å². The number of nitrogens with one attached hydrogen (secondary N) is 2. The van der Waals surface area contributed by atoms with Gasteiger partial charge in [-0.15, -0.1) is 0 Å². The minimum atomic E-state index is -1.04. The van der Waals surface area contributed by atoms with Gasteiger partial charge in [-0.3, -0.25) is 4.79 Å². The molecule has 0 aliphatic heterocycles. The average Bonchev–Trinajstić information content (AvgIpc) is 3.40. The molecule has 9 heteroatoms. The first-order chi connectivity index (χ1) is 15.8. The van der Waals surface area contributed by atoms with Gasteiger partial charge in [0.1, 0.15) is 11.9 Å². The van der Waals surface area contributed by atoms with Crippen LogP contribution in [0.2, 0.25) is 0 Å². The van der Waals surface area contributed by atoms with E-state index in [0.29, 0.717) is 37.9 Å². The summed E-state index contributed by atoms with van der Waals surface area (Å²) >= 11 is 0. The van der Waals surface area contributed by atoms with E-state index < -0.39 is 17.9 Å². The van der Waals surface area contributed by atoms with Gasteiger partial charge in [-0.25, -0.2) is 9.78 Å². The lowest BCUT2D eigenvalue weighted by Gasteiger charge is -2.16. The first kappa shape index (κ1) is 24.2. The Bertz CT molecular complexity index is 1060. The predicted molar refractivity (Wildman–Crippen MR) is 126 cm³/mol. The quantitative estimate of drug-likeness (QED) is 0.310. The van der Waals surface area contributed by atoms with Crippen LogP contribution >= 0.6 is 0 Å². The van der Waals surface area contributed by atoms with E-state index in [1.807, 2.05) is 47.8 Å². The summed E-state index contributed by atoms with van der Waals surface area (Å²) in [6, 6.07) is 9.75. The van der Waals surface area contributed by atoms with Crippen LogP contribution < -0.4 is 16.4 Å². The Morgan fingerprint density at radius 2 is 1.88 bits per heavy atom. The highest BCUT2D eigenvalue weighted by atomic mass is 16.4.